The minimum absolute atomic E-state index is 0.329. The number of pyridine rings is 2. The van der Waals surface area contributed by atoms with Gasteiger partial charge in [-0.25, -0.2) is 14.8 Å². The maximum atomic E-state index is 13.7. The minimum Gasteiger partial charge on any atom is -0.476 e. The van der Waals surface area contributed by atoms with Crippen molar-refractivity contribution in [3.8, 4) is 0 Å². The lowest BCUT2D eigenvalue weighted by Gasteiger charge is -2.21. The number of hydrogen-bond donors (Lipinski definition) is 1. The van der Waals surface area contributed by atoms with E-state index in [-0.39, 0.29) is 16.2 Å². The number of halogens is 9. The van der Waals surface area contributed by atoms with Gasteiger partial charge in [0.15, 0.2) is 5.69 Å². The second-order valence-electron chi connectivity index (χ2n) is 5.48. The number of carboxylic acids is 1. The maximum absolute atomic E-state index is 13.7. The maximum Gasteiger partial charge on any atom is 0.459 e. The van der Waals surface area contributed by atoms with Crippen LogP contribution in [0.1, 0.15) is 21.7 Å². The smallest absolute Gasteiger partial charge is 0.459 e. The van der Waals surface area contributed by atoms with Crippen molar-refractivity contribution in [3.63, 3.8) is 0 Å². The summed E-state index contributed by atoms with van der Waals surface area (Å²) in [5, 5.41) is 8.11. The summed E-state index contributed by atoms with van der Waals surface area (Å²) in [6.07, 6.45) is -10.9. The average Bonchev–Trinajstić information content (AvgIpc) is 2.96. The number of fused-ring (bicyclic) bond motifs is 3. The molecule has 0 bridgehead atoms. The molecular formula is C14H4BrF8N3O2. The molecule has 0 atom stereocenters. The first kappa shape index (κ1) is 20.2. The molecule has 14 heteroatoms. The van der Waals surface area contributed by atoms with Crippen molar-refractivity contribution in [3.05, 3.63) is 39.8 Å². The topological polar surface area (TPSA) is 67.5 Å². The molecular weight excluding hydrogens is 474 g/mol. The highest BCUT2D eigenvalue weighted by Gasteiger charge is 2.60. The molecule has 0 amide bonds. The number of imidazole rings is 1. The lowest BCUT2D eigenvalue weighted by atomic mass is 10.1. The molecule has 0 fully saturated rings. The van der Waals surface area contributed by atoms with E-state index in [0.29, 0.717) is 10.6 Å². The Labute approximate surface area is 156 Å². The van der Waals surface area contributed by atoms with Gasteiger partial charge in [-0.05, 0) is 28.1 Å². The number of aromatic carboxylic acids is 1. The fraction of sp³-hybridized carbons (Fsp3) is 0.214. The third-order valence-electron chi connectivity index (χ3n) is 3.66. The number of rotatable bonds is 2. The van der Waals surface area contributed by atoms with Crippen LogP contribution < -0.4 is 0 Å². The number of aromatic nitrogens is 3. The van der Waals surface area contributed by atoms with Gasteiger partial charge in [0.1, 0.15) is 17.0 Å². The zero-order valence-corrected chi connectivity index (χ0v) is 14.4. The largest absolute Gasteiger partial charge is 0.476 e. The average molecular weight is 478 g/mol. The molecule has 150 valence electrons. The van der Waals surface area contributed by atoms with Gasteiger partial charge in [-0.15, -0.1) is 0 Å². The first-order valence-corrected chi connectivity index (χ1v) is 7.71. The lowest BCUT2D eigenvalue weighted by Crippen LogP contribution is -2.35. The highest BCUT2D eigenvalue weighted by molar-refractivity contribution is 9.10. The van der Waals surface area contributed by atoms with Gasteiger partial charge in [-0.1, -0.05) is 0 Å². The molecule has 0 aromatic carbocycles. The molecule has 0 saturated heterocycles. The Bertz CT molecular complexity index is 1120. The van der Waals surface area contributed by atoms with Crippen molar-refractivity contribution in [1.29, 1.82) is 0 Å². The molecule has 0 spiro atoms. The van der Waals surface area contributed by atoms with Crippen molar-refractivity contribution in [1.82, 2.24) is 14.4 Å². The molecule has 0 aliphatic rings. The summed E-state index contributed by atoms with van der Waals surface area (Å²) in [7, 11) is 0. The molecule has 3 aromatic rings. The Hall–Kier alpha value is -2.51. The normalized spacial score (nSPS) is 13.5. The van der Waals surface area contributed by atoms with Gasteiger partial charge >= 0.3 is 24.2 Å². The quantitative estimate of drug-likeness (QED) is 0.526. The summed E-state index contributed by atoms with van der Waals surface area (Å²) in [4.78, 5) is 17.7. The molecule has 3 heterocycles. The molecule has 3 rings (SSSR count). The first-order chi connectivity index (χ1) is 12.6. The Morgan fingerprint density at radius 2 is 1.64 bits per heavy atom. The summed E-state index contributed by atoms with van der Waals surface area (Å²) in [6.45, 7) is 0. The third-order valence-corrected chi connectivity index (χ3v) is 4.28. The molecule has 0 saturated carbocycles. The van der Waals surface area contributed by atoms with Crippen LogP contribution in [0.15, 0.2) is 22.8 Å². The van der Waals surface area contributed by atoms with Crippen molar-refractivity contribution >= 4 is 38.6 Å². The summed E-state index contributed by atoms with van der Waals surface area (Å²) in [6, 6.07) is 0.564. The zero-order valence-electron chi connectivity index (χ0n) is 12.8. The van der Waals surface area contributed by atoms with Crippen LogP contribution in [-0.4, -0.2) is 31.6 Å². The Kier molecular flexibility index (Phi) is 4.33. The van der Waals surface area contributed by atoms with E-state index in [4.69, 9.17) is 5.11 Å². The third kappa shape index (κ3) is 3.04. The van der Waals surface area contributed by atoms with E-state index in [2.05, 4.69) is 25.9 Å². The molecule has 1 N–H and O–H groups in total. The van der Waals surface area contributed by atoms with Crippen LogP contribution >= 0.6 is 15.9 Å². The van der Waals surface area contributed by atoms with E-state index >= 15 is 0 Å². The fourth-order valence-corrected chi connectivity index (χ4v) is 3.02. The second kappa shape index (κ2) is 5.99. The number of alkyl halides is 8. The van der Waals surface area contributed by atoms with E-state index in [0.717, 1.165) is 6.07 Å². The minimum atomic E-state index is -6.21. The highest BCUT2D eigenvalue weighted by Crippen LogP contribution is 2.46. The van der Waals surface area contributed by atoms with Gasteiger partial charge in [0.2, 0.25) is 0 Å². The molecule has 5 nitrogen and oxygen atoms in total. The molecule has 3 aromatic heterocycles. The predicted octanol–water partition coefficient (Wildman–Crippen LogP) is 5.02. The Morgan fingerprint density at radius 1 is 1.04 bits per heavy atom. The monoisotopic (exact) mass is 477 g/mol. The zero-order chi connectivity index (χ0) is 21.2. The van der Waals surface area contributed by atoms with Crippen molar-refractivity contribution < 1.29 is 45.0 Å². The molecule has 0 aliphatic carbocycles. The fourth-order valence-electron chi connectivity index (χ4n) is 2.43. The van der Waals surface area contributed by atoms with Crippen LogP contribution in [0.5, 0.6) is 0 Å². The Morgan fingerprint density at radius 3 is 2.14 bits per heavy atom. The van der Waals surface area contributed by atoms with Gasteiger partial charge in [-0.2, -0.15) is 35.1 Å². The SMILES string of the molecule is O=C(O)c1cn2c(cc(Br)c3c(C(F)(F)F)cc(C(F)(F)C(F)(F)F)nc32)n1. The number of carbonyl (C=O) groups is 1. The molecule has 28 heavy (non-hydrogen) atoms. The second-order valence-corrected chi connectivity index (χ2v) is 6.33. The summed E-state index contributed by atoms with van der Waals surface area (Å²) in [5.74, 6) is -7.28. The van der Waals surface area contributed by atoms with Crippen molar-refractivity contribution in [2.24, 2.45) is 0 Å². The molecule has 0 aliphatic heterocycles. The van der Waals surface area contributed by atoms with E-state index in [9.17, 15) is 39.9 Å². The first-order valence-electron chi connectivity index (χ1n) is 6.92. The van der Waals surface area contributed by atoms with Crippen LogP contribution in [0.2, 0.25) is 0 Å². The van der Waals surface area contributed by atoms with Crippen LogP contribution in [0, 0.1) is 0 Å². The van der Waals surface area contributed by atoms with Gasteiger partial charge < -0.3 is 5.11 Å². The van der Waals surface area contributed by atoms with E-state index in [1.165, 1.54) is 0 Å². The van der Waals surface area contributed by atoms with Gasteiger partial charge in [0, 0.05) is 16.1 Å². The van der Waals surface area contributed by atoms with Crippen LogP contribution in [0.4, 0.5) is 35.1 Å². The van der Waals surface area contributed by atoms with Crippen LogP contribution in [0.3, 0.4) is 0 Å². The lowest BCUT2D eigenvalue weighted by molar-refractivity contribution is -0.291. The van der Waals surface area contributed by atoms with Crippen molar-refractivity contribution in [2.45, 2.75) is 18.3 Å². The summed E-state index contributed by atoms with van der Waals surface area (Å²) >= 11 is 2.77. The highest BCUT2D eigenvalue weighted by atomic mass is 79.9. The molecule has 0 unspecified atom stereocenters. The number of carboxylic acid groups (broad SMARTS) is 1. The van der Waals surface area contributed by atoms with Crippen LogP contribution in [-0.2, 0) is 12.1 Å². The van der Waals surface area contributed by atoms with E-state index < -0.39 is 52.2 Å². The van der Waals surface area contributed by atoms with Crippen LogP contribution in [0.25, 0.3) is 16.7 Å². The Balaban J connectivity index is 2.53. The summed E-state index contributed by atoms with van der Waals surface area (Å²) < 4.78 is 106. The van der Waals surface area contributed by atoms with Gasteiger partial charge in [0.05, 0.1) is 5.56 Å². The number of hydrogen-bond acceptors (Lipinski definition) is 3. The summed E-state index contributed by atoms with van der Waals surface area (Å²) in [5.41, 5.74) is -5.98. The van der Waals surface area contributed by atoms with E-state index in [1.54, 1.807) is 0 Å². The van der Waals surface area contributed by atoms with Crippen molar-refractivity contribution in [2.75, 3.05) is 0 Å². The van der Waals surface area contributed by atoms with E-state index in [1.807, 2.05) is 0 Å². The predicted molar refractivity (Wildman–Crippen MR) is 80.1 cm³/mol. The molecule has 0 radical (unpaired) electrons. The van der Waals surface area contributed by atoms with Gasteiger partial charge in [0.25, 0.3) is 0 Å². The standard InChI is InChI=1S/C14H4BrF8N3O2/c15-5-2-8-24-6(11(27)28)3-26(8)10-9(5)4(13(18,19)20)1-7(25-10)12(16,17)14(21,22)23/h1-3H,(H,27,28). The number of nitrogens with zero attached hydrogens (tertiary/aromatic N) is 3. The van der Waals surface area contributed by atoms with Gasteiger partial charge in [-0.3, -0.25) is 4.40 Å².